The predicted octanol–water partition coefficient (Wildman–Crippen LogP) is 2.07. The number of hydrogen-bond acceptors (Lipinski definition) is 5. The number of thioether (sulfide) groups is 1. The number of aliphatic imine (C=N–C) groups is 1. The Morgan fingerprint density at radius 1 is 1.22 bits per heavy atom. The Balaban J connectivity index is 1.88. The van der Waals surface area contributed by atoms with Gasteiger partial charge in [-0.3, -0.25) is 14.6 Å². The van der Waals surface area contributed by atoms with Crippen LogP contribution < -0.4 is 11.1 Å². The van der Waals surface area contributed by atoms with Gasteiger partial charge in [0.1, 0.15) is 0 Å². The van der Waals surface area contributed by atoms with E-state index in [1.807, 2.05) is 0 Å². The number of aromatic nitrogens is 1. The number of para-hydroxylation sites is 1. The summed E-state index contributed by atoms with van der Waals surface area (Å²) in [6.07, 6.45) is 5.06. The molecule has 1 aromatic carbocycles. The van der Waals surface area contributed by atoms with Crippen molar-refractivity contribution < 1.29 is 9.59 Å². The lowest BCUT2D eigenvalue weighted by Crippen LogP contribution is -2.19. The lowest BCUT2D eigenvalue weighted by Gasteiger charge is -2.01. The van der Waals surface area contributed by atoms with Crippen LogP contribution in [0.3, 0.4) is 0 Å². The zero-order chi connectivity index (χ0) is 16.2. The minimum absolute atomic E-state index is 0.234. The Morgan fingerprint density at radius 2 is 1.96 bits per heavy atom. The summed E-state index contributed by atoms with van der Waals surface area (Å²) in [7, 11) is 0. The summed E-state index contributed by atoms with van der Waals surface area (Å²) in [4.78, 5) is 32.2. The molecule has 0 atom stereocenters. The van der Waals surface area contributed by atoms with E-state index in [1.165, 1.54) is 11.8 Å². The maximum absolute atomic E-state index is 12.0. The van der Waals surface area contributed by atoms with Crippen LogP contribution in [0.5, 0.6) is 0 Å². The van der Waals surface area contributed by atoms with E-state index in [2.05, 4.69) is 15.3 Å². The Hall–Kier alpha value is -2.93. The normalized spacial score (nSPS) is 17.5. The Labute approximate surface area is 136 Å². The number of nitrogens with two attached hydrogens (primary N) is 1. The number of nitrogens with zero attached hydrogens (tertiary/aromatic N) is 2. The van der Waals surface area contributed by atoms with Crippen LogP contribution in [0.4, 0.5) is 5.69 Å². The standard InChI is InChI=1S/C16H12N4O2S/c17-14(21)11-3-1-2-4-12(11)19-16-20-15(22)13(23-16)9-10-5-7-18-8-6-10/h1-9H,(H2,17,21)(H,19,20,22)/b13-9-. The fraction of sp³-hybridized carbons (Fsp3) is 0. The minimum Gasteiger partial charge on any atom is -0.366 e. The number of carbonyl (C=O) groups is 2. The third kappa shape index (κ3) is 3.46. The number of hydrogen-bond donors (Lipinski definition) is 2. The Kier molecular flexibility index (Phi) is 4.20. The molecule has 114 valence electrons. The summed E-state index contributed by atoms with van der Waals surface area (Å²) in [5.41, 5.74) is 6.93. The first-order valence-corrected chi connectivity index (χ1v) is 7.53. The molecule has 2 heterocycles. The molecule has 0 spiro atoms. The average Bonchev–Trinajstić information content (AvgIpc) is 2.88. The summed E-state index contributed by atoms with van der Waals surface area (Å²) in [6.45, 7) is 0. The molecule has 2 aromatic rings. The lowest BCUT2D eigenvalue weighted by atomic mass is 10.2. The average molecular weight is 324 g/mol. The molecular formula is C16H12N4O2S. The van der Waals surface area contributed by atoms with Crippen LogP contribution >= 0.6 is 11.8 Å². The van der Waals surface area contributed by atoms with E-state index in [1.54, 1.807) is 54.9 Å². The lowest BCUT2D eigenvalue weighted by molar-refractivity contribution is -0.115. The summed E-state index contributed by atoms with van der Waals surface area (Å²) >= 11 is 1.21. The van der Waals surface area contributed by atoms with Crippen LogP contribution in [0.15, 0.2) is 58.7 Å². The predicted molar refractivity (Wildman–Crippen MR) is 90.0 cm³/mol. The molecule has 23 heavy (non-hydrogen) atoms. The van der Waals surface area contributed by atoms with Gasteiger partial charge >= 0.3 is 0 Å². The molecule has 1 saturated heterocycles. The van der Waals surface area contributed by atoms with Crippen molar-refractivity contribution in [3.63, 3.8) is 0 Å². The van der Waals surface area contributed by atoms with Gasteiger partial charge in [0.05, 0.1) is 16.2 Å². The van der Waals surface area contributed by atoms with Crippen molar-refractivity contribution in [2.75, 3.05) is 0 Å². The number of primary amides is 1. The van der Waals surface area contributed by atoms with E-state index in [9.17, 15) is 9.59 Å². The van der Waals surface area contributed by atoms with Gasteiger partial charge in [-0.25, -0.2) is 4.99 Å². The molecule has 2 amide bonds. The fourth-order valence-electron chi connectivity index (χ4n) is 1.98. The van der Waals surface area contributed by atoms with Gasteiger partial charge in [0.2, 0.25) is 0 Å². The Morgan fingerprint density at radius 3 is 2.70 bits per heavy atom. The molecular weight excluding hydrogens is 312 g/mol. The van der Waals surface area contributed by atoms with E-state index in [-0.39, 0.29) is 5.91 Å². The smallest absolute Gasteiger partial charge is 0.264 e. The van der Waals surface area contributed by atoms with Gasteiger partial charge in [-0.2, -0.15) is 0 Å². The van der Waals surface area contributed by atoms with Gasteiger partial charge in [-0.15, -0.1) is 0 Å². The first kappa shape index (κ1) is 15.0. The largest absolute Gasteiger partial charge is 0.366 e. The third-order valence-corrected chi connectivity index (χ3v) is 3.96. The van der Waals surface area contributed by atoms with E-state index in [4.69, 9.17) is 5.73 Å². The first-order valence-electron chi connectivity index (χ1n) is 6.72. The zero-order valence-electron chi connectivity index (χ0n) is 11.9. The van der Waals surface area contributed by atoms with Gasteiger partial charge < -0.3 is 11.1 Å². The topological polar surface area (TPSA) is 97.4 Å². The molecule has 1 aliphatic heterocycles. The Bertz CT molecular complexity index is 831. The van der Waals surface area contributed by atoms with Gasteiger partial charge in [0.15, 0.2) is 5.17 Å². The molecule has 6 nitrogen and oxygen atoms in total. The van der Waals surface area contributed by atoms with Gasteiger partial charge in [0, 0.05) is 12.4 Å². The summed E-state index contributed by atoms with van der Waals surface area (Å²) < 4.78 is 0. The molecule has 1 aromatic heterocycles. The number of amides is 2. The molecule has 1 aliphatic rings. The zero-order valence-corrected chi connectivity index (χ0v) is 12.7. The molecule has 7 heteroatoms. The number of benzene rings is 1. The highest BCUT2D eigenvalue weighted by Crippen LogP contribution is 2.28. The van der Waals surface area contributed by atoms with Crippen LogP contribution in [-0.4, -0.2) is 22.0 Å². The summed E-state index contributed by atoms with van der Waals surface area (Å²) in [5.74, 6) is -0.797. The van der Waals surface area contributed by atoms with E-state index < -0.39 is 5.91 Å². The number of pyridine rings is 1. The van der Waals surface area contributed by atoms with Crippen molar-refractivity contribution in [3.8, 4) is 0 Å². The number of carbonyl (C=O) groups excluding carboxylic acids is 2. The van der Waals surface area contributed by atoms with Crippen molar-refractivity contribution in [1.82, 2.24) is 10.3 Å². The number of rotatable bonds is 3. The van der Waals surface area contributed by atoms with Crippen LogP contribution in [0, 0.1) is 0 Å². The summed E-state index contributed by atoms with van der Waals surface area (Å²) in [6, 6.07) is 10.3. The maximum atomic E-state index is 12.0. The highest BCUT2D eigenvalue weighted by atomic mass is 32.2. The van der Waals surface area contributed by atoms with Crippen molar-refractivity contribution in [2.24, 2.45) is 10.7 Å². The summed E-state index contributed by atoms with van der Waals surface area (Å²) in [5, 5.41) is 3.08. The number of nitrogens with one attached hydrogen (secondary N) is 1. The van der Waals surface area contributed by atoms with Crippen LogP contribution in [-0.2, 0) is 4.79 Å². The molecule has 0 saturated carbocycles. The molecule has 1 fully saturated rings. The van der Waals surface area contributed by atoms with Crippen molar-refractivity contribution in [3.05, 3.63) is 64.8 Å². The molecule has 3 N–H and O–H groups in total. The highest BCUT2D eigenvalue weighted by molar-refractivity contribution is 8.18. The van der Waals surface area contributed by atoms with Gasteiger partial charge in [0.25, 0.3) is 11.8 Å². The van der Waals surface area contributed by atoms with Crippen molar-refractivity contribution in [1.29, 1.82) is 0 Å². The van der Waals surface area contributed by atoms with E-state index in [0.29, 0.717) is 21.3 Å². The van der Waals surface area contributed by atoms with Gasteiger partial charge in [-0.1, -0.05) is 12.1 Å². The minimum atomic E-state index is -0.563. The second kappa shape index (κ2) is 6.45. The van der Waals surface area contributed by atoms with E-state index >= 15 is 0 Å². The third-order valence-electron chi connectivity index (χ3n) is 3.05. The first-order chi connectivity index (χ1) is 11.1. The SMILES string of the molecule is NC(=O)c1ccccc1N=C1NC(=O)/C(=C/c2ccncc2)S1. The monoisotopic (exact) mass is 324 g/mol. The second-order valence-corrected chi connectivity index (χ2v) is 5.67. The molecule has 0 bridgehead atoms. The second-order valence-electron chi connectivity index (χ2n) is 4.64. The van der Waals surface area contributed by atoms with Crippen molar-refractivity contribution >= 4 is 40.5 Å². The molecule has 0 aliphatic carbocycles. The van der Waals surface area contributed by atoms with Crippen LogP contribution in [0.25, 0.3) is 6.08 Å². The maximum Gasteiger partial charge on any atom is 0.264 e. The number of amidine groups is 1. The van der Waals surface area contributed by atoms with Crippen molar-refractivity contribution in [2.45, 2.75) is 0 Å². The van der Waals surface area contributed by atoms with Crippen LogP contribution in [0.2, 0.25) is 0 Å². The molecule has 3 rings (SSSR count). The fourth-order valence-corrected chi connectivity index (χ4v) is 2.82. The molecule has 0 radical (unpaired) electrons. The van der Waals surface area contributed by atoms with Crippen LogP contribution in [0.1, 0.15) is 15.9 Å². The van der Waals surface area contributed by atoms with Gasteiger partial charge in [-0.05, 0) is 47.7 Å². The highest BCUT2D eigenvalue weighted by Gasteiger charge is 2.24. The van der Waals surface area contributed by atoms with E-state index in [0.717, 1.165) is 5.56 Å². The molecule has 0 unspecified atom stereocenters. The quantitative estimate of drug-likeness (QED) is 0.845.